The Morgan fingerprint density at radius 1 is 1.44 bits per heavy atom. The van der Waals surface area contributed by atoms with Crippen molar-refractivity contribution < 1.29 is 8.91 Å². The van der Waals surface area contributed by atoms with Crippen molar-refractivity contribution in [2.24, 2.45) is 5.73 Å². The molecule has 1 aromatic carbocycles. The Morgan fingerprint density at radius 3 is 2.89 bits per heavy atom. The van der Waals surface area contributed by atoms with Crippen LogP contribution in [-0.2, 0) is 0 Å². The molecule has 0 amide bonds. The number of halogens is 1. The van der Waals surface area contributed by atoms with Crippen molar-refractivity contribution >= 4 is 0 Å². The van der Waals surface area contributed by atoms with Crippen molar-refractivity contribution in [3.8, 4) is 11.5 Å². The zero-order chi connectivity index (χ0) is 13.1. The number of nitrogens with zero attached hydrogens (tertiary/aromatic N) is 2. The number of rotatable bonds is 4. The fourth-order valence-corrected chi connectivity index (χ4v) is 1.67. The molecule has 1 heterocycles. The zero-order valence-electron chi connectivity index (χ0n) is 10.5. The quantitative estimate of drug-likeness (QED) is 0.904. The number of benzene rings is 1. The van der Waals surface area contributed by atoms with Gasteiger partial charge in [-0.1, -0.05) is 24.6 Å². The summed E-state index contributed by atoms with van der Waals surface area (Å²) in [7, 11) is 0. The first-order valence-electron chi connectivity index (χ1n) is 5.97. The fraction of sp³-hybridized carbons (Fsp3) is 0.385. The third kappa shape index (κ3) is 2.56. The van der Waals surface area contributed by atoms with Crippen LogP contribution in [0.2, 0.25) is 0 Å². The average molecular weight is 249 g/mol. The molecular weight excluding hydrogens is 233 g/mol. The number of nitrogens with two attached hydrogens (primary N) is 1. The van der Waals surface area contributed by atoms with Gasteiger partial charge >= 0.3 is 0 Å². The van der Waals surface area contributed by atoms with Crippen LogP contribution in [0.4, 0.5) is 4.39 Å². The maximum absolute atomic E-state index is 13.4. The van der Waals surface area contributed by atoms with E-state index in [-0.39, 0.29) is 11.9 Å². The molecule has 4 nitrogen and oxygen atoms in total. The molecule has 0 saturated heterocycles. The Morgan fingerprint density at radius 2 is 2.22 bits per heavy atom. The van der Waals surface area contributed by atoms with Crippen LogP contribution in [0.1, 0.15) is 37.2 Å². The van der Waals surface area contributed by atoms with Crippen molar-refractivity contribution in [2.75, 3.05) is 0 Å². The third-order valence-electron chi connectivity index (χ3n) is 2.79. The van der Waals surface area contributed by atoms with Crippen LogP contribution in [-0.4, -0.2) is 10.1 Å². The predicted octanol–water partition coefficient (Wildman–Crippen LogP) is 2.98. The monoisotopic (exact) mass is 249 g/mol. The van der Waals surface area contributed by atoms with Gasteiger partial charge in [-0.3, -0.25) is 0 Å². The summed E-state index contributed by atoms with van der Waals surface area (Å²) in [6.07, 6.45) is 1.74. The Bertz CT molecular complexity index is 539. The van der Waals surface area contributed by atoms with Crippen LogP contribution >= 0.6 is 0 Å². The maximum atomic E-state index is 13.4. The molecule has 2 rings (SSSR count). The van der Waals surface area contributed by atoms with E-state index in [2.05, 4.69) is 10.1 Å². The van der Waals surface area contributed by atoms with Gasteiger partial charge in [-0.25, -0.2) is 4.39 Å². The normalized spacial score (nSPS) is 12.7. The molecule has 0 saturated carbocycles. The molecule has 0 aliphatic heterocycles. The number of aromatic nitrogens is 2. The van der Waals surface area contributed by atoms with Gasteiger partial charge in [-0.2, -0.15) is 4.98 Å². The highest BCUT2D eigenvalue weighted by molar-refractivity contribution is 5.53. The standard InChI is InChI=1S/C13H16FN3O/c1-3-4-11(15)12-16-13(18-17-12)9-6-5-8(2)10(14)7-9/h5-7,11H,3-4,15H2,1-2H3. The van der Waals surface area contributed by atoms with Gasteiger partial charge in [0.1, 0.15) is 5.82 Å². The second-order valence-electron chi connectivity index (χ2n) is 4.32. The highest BCUT2D eigenvalue weighted by Crippen LogP contribution is 2.22. The minimum atomic E-state index is -0.287. The summed E-state index contributed by atoms with van der Waals surface area (Å²) in [6, 6.07) is 4.59. The van der Waals surface area contributed by atoms with Crippen molar-refractivity contribution in [1.82, 2.24) is 10.1 Å². The van der Waals surface area contributed by atoms with Crippen LogP contribution in [0, 0.1) is 12.7 Å². The third-order valence-corrected chi connectivity index (χ3v) is 2.79. The van der Waals surface area contributed by atoms with Gasteiger partial charge in [0.15, 0.2) is 5.82 Å². The molecule has 1 aromatic heterocycles. The summed E-state index contributed by atoms with van der Waals surface area (Å²) in [6.45, 7) is 3.74. The second-order valence-corrected chi connectivity index (χ2v) is 4.32. The predicted molar refractivity (Wildman–Crippen MR) is 66.3 cm³/mol. The first-order chi connectivity index (χ1) is 8.61. The fourth-order valence-electron chi connectivity index (χ4n) is 1.67. The van der Waals surface area contributed by atoms with Crippen LogP contribution in [0.15, 0.2) is 22.7 Å². The van der Waals surface area contributed by atoms with Crippen LogP contribution in [0.5, 0.6) is 0 Å². The highest BCUT2D eigenvalue weighted by atomic mass is 19.1. The van der Waals surface area contributed by atoms with E-state index in [1.54, 1.807) is 19.1 Å². The lowest BCUT2D eigenvalue weighted by Gasteiger charge is -2.02. The molecule has 0 aliphatic carbocycles. The molecule has 2 aromatic rings. The van der Waals surface area contributed by atoms with Crippen LogP contribution < -0.4 is 5.73 Å². The minimum Gasteiger partial charge on any atom is -0.334 e. The molecule has 96 valence electrons. The van der Waals surface area contributed by atoms with E-state index >= 15 is 0 Å². The Balaban J connectivity index is 2.26. The van der Waals surface area contributed by atoms with E-state index in [0.29, 0.717) is 22.8 Å². The van der Waals surface area contributed by atoms with Gasteiger partial charge in [0.2, 0.25) is 0 Å². The molecule has 0 aliphatic rings. The van der Waals surface area contributed by atoms with Gasteiger partial charge in [-0.05, 0) is 31.0 Å². The first-order valence-corrected chi connectivity index (χ1v) is 5.97. The van der Waals surface area contributed by atoms with Crippen LogP contribution in [0.25, 0.3) is 11.5 Å². The molecule has 0 bridgehead atoms. The molecule has 2 N–H and O–H groups in total. The van der Waals surface area contributed by atoms with Crippen molar-refractivity contribution in [1.29, 1.82) is 0 Å². The molecule has 0 spiro atoms. The second kappa shape index (κ2) is 5.27. The molecule has 0 radical (unpaired) electrons. The summed E-state index contributed by atoms with van der Waals surface area (Å²) in [5.41, 5.74) is 7.05. The maximum Gasteiger partial charge on any atom is 0.258 e. The van der Waals surface area contributed by atoms with Gasteiger partial charge in [0.05, 0.1) is 6.04 Å². The molecule has 18 heavy (non-hydrogen) atoms. The Hall–Kier alpha value is -1.75. The summed E-state index contributed by atoms with van der Waals surface area (Å²) in [5.74, 6) is 0.480. The van der Waals surface area contributed by atoms with E-state index in [9.17, 15) is 4.39 Å². The van der Waals surface area contributed by atoms with E-state index < -0.39 is 0 Å². The van der Waals surface area contributed by atoms with Crippen molar-refractivity contribution in [2.45, 2.75) is 32.7 Å². The van der Waals surface area contributed by atoms with Crippen molar-refractivity contribution in [3.63, 3.8) is 0 Å². The largest absolute Gasteiger partial charge is 0.334 e. The Kier molecular flexibility index (Phi) is 3.72. The zero-order valence-corrected chi connectivity index (χ0v) is 10.5. The molecule has 0 fully saturated rings. The van der Waals surface area contributed by atoms with Gasteiger partial charge in [0, 0.05) is 5.56 Å². The first kappa shape index (κ1) is 12.7. The molecule has 1 unspecified atom stereocenters. The summed E-state index contributed by atoms with van der Waals surface area (Å²) in [5, 5.41) is 3.83. The number of hydrogen-bond donors (Lipinski definition) is 1. The number of aryl methyl sites for hydroxylation is 1. The van der Waals surface area contributed by atoms with Gasteiger partial charge < -0.3 is 10.3 Å². The Labute approximate surface area is 105 Å². The topological polar surface area (TPSA) is 64.9 Å². The SMILES string of the molecule is CCCC(N)c1noc(-c2ccc(C)c(F)c2)n1. The van der Waals surface area contributed by atoms with Gasteiger partial charge in [-0.15, -0.1) is 0 Å². The van der Waals surface area contributed by atoms with Gasteiger partial charge in [0.25, 0.3) is 5.89 Å². The summed E-state index contributed by atoms with van der Waals surface area (Å²) in [4.78, 5) is 4.20. The lowest BCUT2D eigenvalue weighted by atomic mass is 10.1. The lowest BCUT2D eigenvalue weighted by Crippen LogP contribution is -2.11. The minimum absolute atomic E-state index is 0.234. The van der Waals surface area contributed by atoms with E-state index in [4.69, 9.17) is 10.3 Å². The van der Waals surface area contributed by atoms with Crippen molar-refractivity contribution in [3.05, 3.63) is 35.4 Å². The van der Waals surface area contributed by atoms with E-state index in [0.717, 1.165) is 12.8 Å². The summed E-state index contributed by atoms with van der Waals surface area (Å²) >= 11 is 0. The molecule has 1 atom stereocenters. The summed E-state index contributed by atoms with van der Waals surface area (Å²) < 4.78 is 18.5. The molecule has 5 heteroatoms. The molecular formula is C13H16FN3O. The number of hydrogen-bond acceptors (Lipinski definition) is 4. The smallest absolute Gasteiger partial charge is 0.258 e. The van der Waals surface area contributed by atoms with Crippen LogP contribution in [0.3, 0.4) is 0 Å². The van der Waals surface area contributed by atoms with E-state index in [1.165, 1.54) is 6.07 Å². The average Bonchev–Trinajstić information content (AvgIpc) is 2.82. The highest BCUT2D eigenvalue weighted by Gasteiger charge is 2.15. The van der Waals surface area contributed by atoms with E-state index in [1.807, 2.05) is 6.92 Å². The lowest BCUT2D eigenvalue weighted by molar-refractivity contribution is 0.413.